The van der Waals surface area contributed by atoms with E-state index < -0.39 is 5.91 Å². The van der Waals surface area contributed by atoms with Gasteiger partial charge in [0.15, 0.2) is 0 Å². The third-order valence-corrected chi connectivity index (χ3v) is 2.68. The maximum Gasteiger partial charge on any atom is 0.267 e. The molecule has 0 saturated carbocycles. The van der Waals surface area contributed by atoms with Gasteiger partial charge in [0.2, 0.25) is 5.88 Å². The minimum atomic E-state index is -0.620. The van der Waals surface area contributed by atoms with Crippen molar-refractivity contribution in [2.24, 2.45) is 5.73 Å². The Bertz CT molecular complexity index is 639. The normalized spacial score (nSPS) is 10.2. The van der Waals surface area contributed by atoms with Gasteiger partial charge in [-0.15, -0.1) is 0 Å². The van der Waals surface area contributed by atoms with Crippen LogP contribution < -0.4 is 16.2 Å². The monoisotopic (exact) mass is 257 g/mol. The Balaban J connectivity index is 2.37. The van der Waals surface area contributed by atoms with Crippen molar-refractivity contribution in [1.82, 2.24) is 4.98 Å². The van der Waals surface area contributed by atoms with Crippen LogP contribution in [0.3, 0.4) is 0 Å². The molecule has 1 aromatic carbocycles. The van der Waals surface area contributed by atoms with Gasteiger partial charge in [-0.25, -0.2) is 4.98 Å². The minimum Gasteiger partial charge on any atom is -0.437 e. The molecular formula is C14H15N3O2. The highest BCUT2D eigenvalue weighted by Crippen LogP contribution is 2.28. The van der Waals surface area contributed by atoms with E-state index in [1.54, 1.807) is 6.07 Å². The fourth-order valence-corrected chi connectivity index (χ4v) is 1.69. The van der Waals surface area contributed by atoms with Gasteiger partial charge in [-0.05, 0) is 37.6 Å². The van der Waals surface area contributed by atoms with E-state index in [0.29, 0.717) is 11.4 Å². The van der Waals surface area contributed by atoms with Gasteiger partial charge in [-0.1, -0.05) is 17.7 Å². The lowest BCUT2D eigenvalue weighted by Crippen LogP contribution is -2.13. The summed E-state index contributed by atoms with van der Waals surface area (Å²) in [6.45, 7) is 3.92. The molecule has 0 aliphatic rings. The van der Waals surface area contributed by atoms with Crippen molar-refractivity contribution in [3.8, 4) is 11.6 Å². The molecule has 1 heterocycles. The summed E-state index contributed by atoms with van der Waals surface area (Å²) in [4.78, 5) is 15.1. The van der Waals surface area contributed by atoms with E-state index in [1.807, 2.05) is 32.0 Å². The Hall–Kier alpha value is -2.56. The molecule has 0 aliphatic carbocycles. The quantitative estimate of drug-likeness (QED) is 0.881. The molecule has 0 fully saturated rings. The second-order valence-corrected chi connectivity index (χ2v) is 4.33. The first-order chi connectivity index (χ1) is 8.97. The molecule has 19 heavy (non-hydrogen) atoms. The van der Waals surface area contributed by atoms with E-state index in [9.17, 15) is 4.79 Å². The van der Waals surface area contributed by atoms with Crippen LogP contribution in [0.4, 0.5) is 5.69 Å². The van der Waals surface area contributed by atoms with Gasteiger partial charge in [-0.3, -0.25) is 4.79 Å². The van der Waals surface area contributed by atoms with Crippen molar-refractivity contribution >= 4 is 11.6 Å². The highest BCUT2D eigenvalue weighted by molar-refractivity contribution is 5.91. The van der Waals surface area contributed by atoms with E-state index in [0.717, 1.165) is 11.1 Å². The van der Waals surface area contributed by atoms with Gasteiger partial charge in [0.1, 0.15) is 11.4 Å². The Morgan fingerprint density at radius 3 is 2.58 bits per heavy atom. The van der Waals surface area contributed by atoms with Crippen LogP contribution in [0.5, 0.6) is 11.6 Å². The van der Waals surface area contributed by atoms with Crippen molar-refractivity contribution in [3.63, 3.8) is 0 Å². The second-order valence-electron chi connectivity index (χ2n) is 4.33. The molecule has 0 atom stereocenters. The number of benzene rings is 1. The molecule has 98 valence electrons. The Kier molecular flexibility index (Phi) is 3.37. The van der Waals surface area contributed by atoms with Gasteiger partial charge in [0.25, 0.3) is 5.91 Å². The third-order valence-electron chi connectivity index (χ3n) is 2.68. The molecule has 5 nitrogen and oxygen atoms in total. The van der Waals surface area contributed by atoms with Crippen molar-refractivity contribution in [3.05, 3.63) is 47.2 Å². The zero-order valence-electron chi connectivity index (χ0n) is 10.8. The molecule has 0 bridgehead atoms. The van der Waals surface area contributed by atoms with Gasteiger partial charge in [-0.2, -0.15) is 0 Å². The summed E-state index contributed by atoms with van der Waals surface area (Å²) in [6, 6.07) is 8.77. The fraction of sp³-hybridized carbons (Fsp3) is 0.143. The molecule has 5 heteroatoms. The summed E-state index contributed by atoms with van der Waals surface area (Å²) in [5, 5.41) is 0. The summed E-state index contributed by atoms with van der Waals surface area (Å²) < 4.78 is 5.64. The molecule has 0 spiro atoms. The number of pyridine rings is 1. The third kappa shape index (κ3) is 2.82. The number of nitrogen functional groups attached to an aromatic ring is 1. The number of carbonyl (C=O) groups excluding carboxylic acids is 1. The summed E-state index contributed by atoms with van der Waals surface area (Å²) in [7, 11) is 0. The van der Waals surface area contributed by atoms with E-state index in [-0.39, 0.29) is 11.6 Å². The maximum atomic E-state index is 11.1. The smallest absolute Gasteiger partial charge is 0.267 e. The van der Waals surface area contributed by atoms with Gasteiger partial charge in [0, 0.05) is 0 Å². The van der Waals surface area contributed by atoms with Crippen LogP contribution >= 0.6 is 0 Å². The van der Waals surface area contributed by atoms with E-state index in [4.69, 9.17) is 16.2 Å². The van der Waals surface area contributed by atoms with Crippen LogP contribution in [-0.2, 0) is 0 Å². The number of hydrogen-bond donors (Lipinski definition) is 2. The molecule has 0 radical (unpaired) electrons. The van der Waals surface area contributed by atoms with Gasteiger partial charge < -0.3 is 16.2 Å². The number of aryl methyl sites for hydroxylation is 2. The number of aromatic nitrogens is 1. The Morgan fingerprint density at radius 2 is 1.95 bits per heavy atom. The highest BCUT2D eigenvalue weighted by atomic mass is 16.5. The summed E-state index contributed by atoms with van der Waals surface area (Å²) in [5.74, 6) is 0.208. The second kappa shape index (κ2) is 4.97. The zero-order valence-corrected chi connectivity index (χ0v) is 10.8. The van der Waals surface area contributed by atoms with Crippen LogP contribution in [0.15, 0.2) is 30.3 Å². The number of nitrogens with zero attached hydrogens (tertiary/aromatic N) is 1. The molecular weight excluding hydrogens is 242 g/mol. The van der Waals surface area contributed by atoms with Crippen molar-refractivity contribution in [2.75, 3.05) is 5.73 Å². The van der Waals surface area contributed by atoms with E-state index in [2.05, 4.69) is 4.98 Å². The number of anilines is 1. The molecule has 0 aliphatic heterocycles. The molecule has 2 rings (SSSR count). The predicted octanol–water partition coefficient (Wildman–Crippen LogP) is 2.17. The number of ether oxygens (including phenoxy) is 1. The molecule has 2 aromatic rings. The van der Waals surface area contributed by atoms with Crippen LogP contribution in [0.2, 0.25) is 0 Å². The number of hydrogen-bond acceptors (Lipinski definition) is 4. The molecule has 0 unspecified atom stereocenters. The maximum absolute atomic E-state index is 11.1. The fourth-order valence-electron chi connectivity index (χ4n) is 1.69. The standard InChI is InChI=1S/C14H15N3O2/c1-8-3-6-12(9(2)7-8)19-14-10(15)4-5-11(17-14)13(16)18/h3-7H,15H2,1-2H3,(H2,16,18). The zero-order chi connectivity index (χ0) is 14.0. The van der Waals surface area contributed by atoms with Crippen molar-refractivity contribution in [2.45, 2.75) is 13.8 Å². The first kappa shape index (κ1) is 12.9. The highest BCUT2D eigenvalue weighted by Gasteiger charge is 2.10. The first-order valence-corrected chi connectivity index (χ1v) is 5.79. The first-order valence-electron chi connectivity index (χ1n) is 5.79. The number of nitrogens with two attached hydrogens (primary N) is 2. The molecule has 0 saturated heterocycles. The Morgan fingerprint density at radius 1 is 1.21 bits per heavy atom. The lowest BCUT2D eigenvalue weighted by molar-refractivity contribution is 0.0995. The Labute approximate surface area is 111 Å². The van der Waals surface area contributed by atoms with Crippen LogP contribution in [-0.4, -0.2) is 10.9 Å². The van der Waals surface area contributed by atoms with E-state index in [1.165, 1.54) is 6.07 Å². The SMILES string of the molecule is Cc1ccc(Oc2nc(C(N)=O)ccc2N)c(C)c1. The topological polar surface area (TPSA) is 91.2 Å². The van der Waals surface area contributed by atoms with Crippen LogP contribution in [0.1, 0.15) is 21.6 Å². The number of primary amides is 1. The van der Waals surface area contributed by atoms with Crippen molar-refractivity contribution < 1.29 is 9.53 Å². The molecule has 1 amide bonds. The molecule has 4 N–H and O–H groups in total. The number of amides is 1. The van der Waals surface area contributed by atoms with Gasteiger partial charge in [0.05, 0.1) is 5.69 Å². The van der Waals surface area contributed by atoms with Crippen molar-refractivity contribution in [1.29, 1.82) is 0 Å². The lowest BCUT2D eigenvalue weighted by Gasteiger charge is -2.10. The average Bonchev–Trinajstić information content (AvgIpc) is 2.34. The number of carbonyl (C=O) groups is 1. The predicted molar refractivity (Wildman–Crippen MR) is 73.2 cm³/mol. The number of rotatable bonds is 3. The summed E-state index contributed by atoms with van der Waals surface area (Å²) >= 11 is 0. The van der Waals surface area contributed by atoms with Crippen LogP contribution in [0.25, 0.3) is 0 Å². The van der Waals surface area contributed by atoms with E-state index >= 15 is 0 Å². The molecule has 1 aromatic heterocycles. The average molecular weight is 257 g/mol. The summed E-state index contributed by atoms with van der Waals surface area (Å²) in [5.41, 5.74) is 13.5. The largest absolute Gasteiger partial charge is 0.437 e. The van der Waals surface area contributed by atoms with Crippen LogP contribution in [0, 0.1) is 13.8 Å². The summed E-state index contributed by atoms with van der Waals surface area (Å²) in [6.07, 6.45) is 0. The lowest BCUT2D eigenvalue weighted by atomic mass is 10.1. The minimum absolute atomic E-state index is 0.119. The van der Waals surface area contributed by atoms with Gasteiger partial charge >= 0.3 is 0 Å².